The van der Waals surface area contributed by atoms with Crippen molar-refractivity contribution in [1.82, 2.24) is 34.6 Å². The van der Waals surface area contributed by atoms with E-state index in [0.717, 1.165) is 61.7 Å². The minimum atomic E-state index is 0.0987. The number of fused-ring (bicyclic) bond motifs is 1. The summed E-state index contributed by atoms with van der Waals surface area (Å²) in [6, 6.07) is 7.83. The largest absolute Gasteiger partial charge is 0.370 e. The molecule has 0 unspecified atom stereocenters. The molecule has 156 valence electrons. The Morgan fingerprint density at radius 2 is 1.97 bits per heavy atom. The first kappa shape index (κ1) is 19.1. The van der Waals surface area contributed by atoms with Crippen molar-refractivity contribution < 1.29 is 9.53 Å². The van der Waals surface area contributed by atoms with Gasteiger partial charge in [0, 0.05) is 43.5 Å². The summed E-state index contributed by atoms with van der Waals surface area (Å²) in [6.45, 7) is 5.21. The maximum atomic E-state index is 11.9. The van der Waals surface area contributed by atoms with Crippen LogP contribution in [0.4, 0.5) is 0 Å². The average Bonchev–Trinajstić information content (AvgIpc) is 3.23. The molecular formula is C21H25N7O2. The summed E-state index contributed by atoms with van der Waals surface area (Å²) in [4.78, 5) is 20.4. The number of piperidine rings is 1. The van der Waals surface area contributed by atoms with Crippen molar-refractivity contribution in [2.75, 3.05) is 45.9 Å². The van der Waals surface area contributed by atoms with E-state index in [1.54, 1.807) is 6.20 Å². The van der Waals surface area contributed by atoms with Gasteiger partial charge in [-0.25, -0.2) is 0 Å². The Bertz CT molecular complexity index is 1010. The zero-order valence-electron chi connectivity index (χ0n) is 16.9. The molecule has 0 N–H and O–H groups in total. The fourth-order valence-electron chi connectivity index (χ4n) is 4.19. The lowest BCUT2D eigenvalue weighted by Crippen LogP contribution is -2.46. The Balaban J connectivity index is 1.24. The van der Waals surface area contributed by atoms with E-state index in [2.05, 4.69) is 20.1 Å². The molecule has 1 amide bonds. The second-order valence-electron chi connectivity index (χ2n) is 7.84. The van der Waals surface area contributed by atoms with Crippen molar-refractivity contribution in [3.63, 3.8) is 0 Å². The number of likely N-dealkylation sites (tertiary alicyclic amines) is 1. The van der Waals surface area contributed by atoms with Crippen molar-refractivity contribution in [2.45, 2.75) is 18.8 Å². The monoisotopic (exact) mass is 407 g/mol. The van der Waals surface area contributed by atoms with E-state index in [1.807, 2.05) is 39.9 Å². The SMILES string of the molecule is O=C1COCCN1CCN1CCC(c2nnc3ccc(-c4cccnc4)nn23)CC1. The van der Waals surface area contributed by atoms with Gasteiger partial charge in [-0.05, 0) is 50.2 Å². The Labute approximate surface area is 174 Å². The zero-order valence-corrected chi connectivity index (χ0v) is 16.9. The third-order valence-electron chi connectivity index (χ3n) is 5.97. The van der Waals surface area contributed by atoms with Gasteiger partial charge in [0.25, 0.3) is 0 Å². The number of ether oxygens (including phenoxy) is 1. The van der Waals surface area contributed by atoms with Crippen molar-refractivity contribution >= 4 is 11.6 Å². The van der Waals surface area contributed by atoms with Crippen LogP contribution in [0, 0.1) is 0 Å². The minimum Gasteiger partial charge on any atom is -0.370 e. The van der Waals surface area contributed by atoms with Crippen LogP contribution in [-0.2, 0) is 9.53 Å². The molecule has 0 aliphatic carbocycles. The van der Waals surface area contributed by atoms with E-state index >= 15 is 0 Å². The lowest BCUT2D eigenvalue weighted by atomic mass is 9.96. The van der Waals surface area contributed by atoms with Crippen molar-refractivity contribution in [2.24, 2.45) is 0 Å². The fourth-order valence-corrected chi connectivity index (χ4v) is 4.19. The van der Waals surface area contributed by atoms with Crippen molar-refractivity contribution in [3.05, 3.63) is 42.5 Å². The Hall–Kier alpha value is -2.91. The van der Waals surface area contributed by atoms with E-state index < -0.39 is 0 Å². The van der Waals surface area contributed by atoms with Crippen molar-refractivity contribution in [3.8, 4) is 11.3 Å². The van der Waals surface area contributed by atoms with Gasteiger partial charge >= 0.3 is 0 Å². The lowest BCUT2D eigenvalue weighted by molar-refractivity contribution is -0.142. The molecule has 0 atom stereocenters. The molecular weight excluding hydrogens is 382 g/mol. The highest BCUT2D eigenvalue weighted by Gasteiger charge is 2.26. The van der Waals surface area contributed by atoms with Gasteiger partial charge in [-0.15, -0.1) is 10.2 Å². The third kappa shape index (κ3) is 3.90. The predicted molar refractivity (Wildman–Crippen MR) is 110 cm³/mol. The van der Waals surface area contributed by atoms with E-state index in [9.17, 15) is 4.79 Å². The summed E-state index contributed by atoms with van der Waals surface area (Å²) in [5.74, 6) is 1.36. The summed E-state index contributed by atoms with van der Waals surface area (Å²) < 4.78 is 7.09. The Kier molecular flexibility index (Phi) is 5.37. The van der Waals surface area contributed by atoms with Crippen LogP contribution in [0.1, 0.15) is 24.6 Å². The van der Waals surface area contributed by atoms with Gasteiger partial charge in [-0.2, -0.15) is 9.61 Å². The Morgan fingerprint density at radius 1 is 1.07 bits per heavy atom. The van der Waals surface area contributed by atoms with Gasteiger partial charge in [-0.3, -0.25) is 9.78 Å². The van der Waals surface area contributed by atoms with Gasteiger partial charge in [0.05, 0.1) is 12.3 Å². The molecule has 3 aromatic rings. The Morgan fingerprint density at radius 3 is 2.77 bits per heavy atom. The number of aromatic nitrogens is 5. The summed E-state index contributed by atoms with van der Waals surface area (Å²) >= 11 is 0. The molecule has 0 radical (unpaired) electrons. The van der Waals surface area contributed by atoms with Gasteiger partial charge in [0.1, 0.15) is 6.61 Å². The quantitative estimate of drug-likeness (QED) is 0.628. The smallest absolute Gasteiger partial charge is 0.248 e. The van der Waals surface area contributed by atoms with Crippen LogP contribution in [0.2, 0.25) is 0 Å². The number of morpholine rings is 1. The molecule has 9 nitrogen and oxygen atoms in total. The van der Waals surface area contributed by atoms with E-state index in [-0.39, 0.29) is 12.5 Å². The van der Waals surface area contributed by atoms with Crippen LogP contribution in [-0.4, -0.2) is 86.4 Å². The summed E-state index contributed by atoms with van der Waals surface area (Å²) in [5.41, 5.74) is 2.61. The normalized spacial score (nSPS) is 18.9. The molecule has 9 heteroatoms. The van der Waals surface area contributed by atoms with Crippen LogP contribution in [0.3, 0.4) is 0 Å². The van der Waals surface area contributed by atoms with Crippen LogP contribution in [0.15, 0.2) is 36.7 Å². The number of pyridine rings is 1. The first-order valence-corrected chi connectivity index (χ1v) is 10.5. The maximum Gasteiger partial charge on any atom is 0.248 e. The van der Waals surface area contributed by atoms with Gasteiger partial charge < -0.3 is 14.5 Å². The van der Waals surface area contributed by atoms with Crippen LogP contribution in [0.25, 0.3) is 16.9 Å². The highest BCUT2D eigenvalue weighted by atomic mass is 16.5. The molecule has 5 rings (SSSR count). The highest BCUT2D eigenvalue weighted by Crippen LogP contribution is 2.27. The summed E-state index contributed by atoms with van der Waals surface area (Å²) in [7, 11) is 0. The molecule has 3 aromatic heterocycles. The molecule has 30 heavy (non-hydrogen) atoms. The first-order valence-electron chi connectivity index (χ1n) is 10.5. The van der Waals surface area contributed by atoms with Crippen LogP contribution in [0.5, 0.6) is 0 Å². The van der Waals surface area contributed by atoms with Gasteiger partial charge in [0.2, 0.25) is 5.91 Å². The van der Waals surface area contributed by atoms with E-state index in [1.165, 1.54) is 0 Å². The van der Waals surface area contributed by atoms with Crippen molar-refractivity contribution in [1.29, 1.82) is 0 Å². The maximum absolute atomic E-state index is 11.9. The number of amides is 1. The highest BCUT2D eigenvalue weighted by molar-refractivity contribution is 5.77. The zero-order chi connectivity index (χ0) is 20.3. The molecule has 0 spiro atoms. The molecule has 2 fully saturated rings. The molecule has 0 saturated carbocycles. The third-order valence-corrected chi connectivity index (χ3v) is 5.97. The molecule has 0 bridgehead atoms. The molecule has 5 heterocycles. The number of carbonyl (C=O) groups excluding carboxylic acids is 1. The van der Waals surface area contributed by atoms with Crippen LogP contribution < -0.4 is 0 Å². The lowest BCUT2D eigenvalue weighted by Gasteiger charge is -2.34. The second-order valence-corrected chi connectivity index (χ2v) is 7.84. The number of nitrogens with zero attached hydrogens (tertiary/aromatic N) is 7. The molecule has 2 aliphatic rings. The molecule has 2 saturated heterocycles. The number of hydrogen-bond acceptors (Lipinski definition) is 7. The fraction of sp³-hybridized carbons (Fsp3) is 0.476. The number of hydrogen-bond donors (Lipinski definition) is 0. The topological polar surface area (TPSA) is 88.8 Å². The molecule has 0 aromatic carbocycles. The average molecular weight is 407 g/mol. The summed E-state index contributed by atoms with van der Waals surface area (Å²) in [6.07, 6.45) is 5.60. The standard InChI is InChI=1S/C21H25N7O2/c29-20-15-30-13-12-27(20)11-10-26-8-5-16(6-9-26)21-24-23-19-4-3-18(25-28(19)21)17-2-1-7-22-14-17/h1-4,7,14,16H,5-6,8-13,15H2. The van der Waals surface area contributed by atoms with Gasteiger partial charge in [-0.1, -0.05) is 0 Å². The summed E-state index contributed by atoms with van der Waals surface area (Å²) in [5, 5.41) is 13.6. The van der Waals surface area contributed by atoms with E-state index in [4.69, 9.17) is 9.84 Å². The second kappa shape index (κ2) is 8.45. The number of carbonyl (C=O) groups is 1. The predicted octanol–water partition coefficient (Wildman–Crippen LogP) is 1.22. The first-order chi connectivity index (χ1) is 14.8. The van der Waals surface area contributed by atoms with Crippen LogP contribution >= 0.6 is 0 Å². The number of rotatable bonds is 5. The molecule has 2 aliphatic heterocycles. The van der Waals surface area contributed by atoms with E-state index in [0.29, 0.717) is 19.1 Å². The minimum absolute atomic E-state index is 0.0987. The van der Waals surface area contributed by atoms with Gasteiger partial charge in [0.15, 0.2) is 11.5 Å².